The number of guanidine groups is 1. The molecule has 0 aromatic carbocycles. The topological polar surface area (TPSA) is 71.4 Å². The number of rotatable bonds is 9. The van der Waals surface area contributed by atoms with Gasteiger partial charge in [0.2, 0.25) is 5.88 Å². The summed E-state index contributed by atoms with van der Waals surface area (Å²) in [6, 6.07) is 3.96. The first kappa shape index (κ1) is 19.6. The van der Waals surface area contributed by atoms with Gasteiger partial charge in [-0.1, -0.05) is 13.8 Å². The Bertz CT molecular complexity index is 754. The average molecular weight is 388 g/mol. The second kappa shape index (κ2) is 9.69. The highest BCUT2D eigenvalue weighted by molar-refractivity contribution is 7.09. The average Bonchev–Trinajstić information content (AvgIpc) is 3.37. The predicted molar refractivity (Wildman–Crippen MR) is 110 cm³/mol. The van der Waals surface area contributed by atoms with Crippen LogP contribution >= 0.6 is 11.3 Å². The van der Waals surface area contributed by atoms with Crippen LogP contribution in [0.5, 0.6) is 5.88 Å². The molecule has 1 aliphatic rings. The molecule has 2 aromatic heterocycles. The van der Waals surface area contributed by atoms with Crippen molar-refractivity contribution >= 4 is 17.3 Å². The number of nitrogens with zero attached hydrogens (tertiary/aromatic N) is 3. The molecular formula is C20H29N5OS. The van der Waals surface area contributed by atoms with Gasteiger partial charge in [-0.2, -0.15) is 0 Å². The van der Waals surface area contributed by atoms with E-state index in [2.05, 4.69) is 51.7 Å². The van der Waals surface area contributed by atoms with Gasteiger partial charge >= 0.3 is 0 Å². The van der Waals surface area contributed by atoms with E-state index in [4.69, 9.17) is 4.74 Å². The zero-order valence-corrected chi connectivity index (χ0v) is 17.2. The molecule has 0 spiro atoms. The number of nitrogens with one attached hydrogen (secondary N) is 2. The SMILES string of the molecule is CCNC(=NCc1ccnc(OCC2CC2)c1)NCc1nc(C(C)C)cs1. The van der Waals surface area contributed by atoms with Gasteiger partial charge in [0.15, 0.2) is 5.96 Å². The molecule has 2 heterocycles. The lowest BCUT2D eigenvalue weighted by Crippen LogP contribution is -2.36. The van der Waals surface area contributed by atoms with Crippen LogP contribution in [0.3, 0.4) is 0 Å². The first-order valence-corrected chi connectivity index (χ1v) is 10.6. The molecule has 2 aromatic rings. The summed E-state index contributed by atoms with van der Waals surface area (Å²) in [5.41, 5.74) is 2.23. The Kier molecular flexibility index (Phi) is 7.04. The number of aliphatic imine (C=N–C) groups is 1. The largest absolute Gasteiger partial charge is 0.477 e. The number of pyridine rings is 1. The monoisotopic (exact) mass is 387 g/mol. The molecule has 0 atom stereocenters. The third-order valence-corrected chi connectivity index (χ3v) is 5.16. The minimum absolute atomic E-state index is 0.458. The lowest BCUT2D eigenvalue weighted by Gasteiger charge is -2.10. The van der Waals surface area contributed by atoms with Crippen LogP contribution in [0.4, 0.5) is 0 Å². The van der Waals surface area contributed by atoms with Gasteiger partial charge in [0.25, 0.3) is 0 Å². The third-order valence-electron chi connectivity index (χ3n) is 4.30. The second-order valence-corrected chi connectivity index (χ2v) is 8.07. The molecule has 7 heteroatoms. The molecule has 1 saturated carbocycles. The maximum atomic E-state index is 5.75. The van der Waals surface area contributed by atoms with Crippen molar-refractivity contribution < 1.29 is 4.74 Å². The van der Waals surface area contributed by atoms with Crippen molar-refractivity contribution in [2.24, 2.45) is 10.9 Å². The van der Waals surface area contributed by atoms with Crippen molar-refractivity contribution in [3.8, 4) is 5.88 Å². The molecule has 0 aliphatic heterocycles. The summed E-state index contributed by atoms with van der Waals surface area (Å²) in [5, 5.41) is 9.85. The molecule has 0 bridgehead atoms. The molecule has 6 nitrogen and oxygen atoms in total. The lowest BCUT2D eigenvalue weighted by atomic mass is 10.2. The second-order valence-electron chi connectivity index (χ2n) is 7.13. The zero-order valence-electron chi connectivity index (χ0n) is 16.4. The molecule has 0 radical (unpaired) electrons. The number of aromatic nitrogens is 2. The minimum Gasteiger partial charge on any atom is -0.477 e. The van der Waals surface area contributed by atoms with Crippen molar-refractivity contribution in [2.45, 2.75) is 52.6 Å². The van der Waals surface area contributed by atoms with E-state index in [0.717, 1.165) is 41.3 Å². The van der Waals surface area contributed by atoms with Crippen LogP contribution in [0.15, 0.2) is 28.7 Å². The molecule has 1 aliphatic carbocycles. The van der Waals surface area contributed by atoms with Crippen LogP contribution in [0.1, 0.15) is 55.8 Å². The van der Waals surface area contributed by atoms with Crippen molar-refractivity contribution in [1.29, 1.82) is 0 Å². The Morgan fingerprint density at radius 1 is 1.37 bits per heavy atom. The van der Waals surface area contributed by atoms with E-state index < -0.39 is 0 Å². The molecule has 0 saturated heterocycles. The van der Waals surface area contributed by atoms with Crippen molar-refractivity contribution in [3.63, 3.8) is 0 Å². The first-order valence-electron chi connectivity index (χ1n) is 9.68. The maximum absolute atomic E-state index is 5.75. The molecule has 2 N–H and O–H groups in total. The highest BCUT2D eigenvalue weighted by Gasteiger charge is 2.22. The van der Waals surface area contributed by atoms with Crippen LogP contribution in [0.2, 0.25) is 0 Å². The Labute approximate surface area is 165 Å². The van der Waals surface area contributed by atoms with Gasteiger partial charge in [-0.05, 0) is 43.2 Å². The highest BCUT2D eigenvalue weighted by Crippen LogP contribution is 2.29. The summed E-state index contributed by atoms with van der Waals surface area (Å²) in [6.45, 7) is 9.23. The fourth-order valence-electron chi connectivity index (χ4n) is 2.46. The Balaban J connectivity index is 1.55. The summed E-state index contributed by atoms with van der Waals surface area (Å²) in [4.78, 5) is 13.6. The van der Waals surface area contributed by atoms with Crippen molar-refractivity contribution in [3.05, 3.63) is 40.0 Å². The normalized spacial score (nSPS) is 14.4. The van der Waals surface area contributed by atoms with Crippen molar-refractivity contribution in [2.75, 3.05) is 13.2 Å². The van der Waals surface area contributed by atoms with Crippen LogP contribution in [-0.4, -0.2) is 29.1 Å². The number of hydrogen-bond donors (Lipinski definition) is 2. The Morgan fingerprint density at radius 2 is 2.22 bits per heavy atom. The summed E-state index contributed by atoms with van der Waals surface area (Å²) in [7, 11) is 0. The minimum atomic E-state index is 0.458. The van der Waals surface area contributed by atoms with Crippen LogP contribution < -0.4 is 15.4 Å². The number of hydrogen-bond acceptors (Lipinski definition) is 5. The summed E-state index contributed by atoms with van der Waals surface area (Å²) < 4.78 is 5.75. The van der Waals surface area contributed by atoms with Gasteiger partial charge < -0.3 is 15.4 Å². The standard InChI is InChI=1S/C20H29N5OS/c1-4-21-20(24-11-19-25-17(13-27-19)14(2)3)23-10-16-7-8-22-18(9-16)26-12-15-5-6-15/h7-9,13-15H,4-6,10-12H2,1-3H3,(H2,21,23,24). The van der Waals surface area contributed by atoms with E-state index in [-0.39, 0.29) is 0 Å². The van der Waals surface area contributed by atoms with E-state index in [1.807, 2.05) is 12.1 Å². The molecule has 1 fully saturated rings. The molecule has 146 valence electrons. The van der Waals surface area contributed by atoms with Crippen LogP contribution in [0.25, 0.3) is 0 Å². The van der Waals surface area contributed by atoms with Gasteiger partial charge in [0, 0.05) is 24.2 Å². The quantitative estimate of drug-likeness (QED) is 0.507. The van der Waals surface area contributed by atoms with Gasteiger partial charge in [-0.3, -0.25) is 0 Å². The smallest absolute Gasteiger partial charge is 0.213 e. The maximum Gasteiger partial charge on any atom is 0.213 e. The molecule has 27 heavy (non-hydrogen) atoms. The van der Waals surface area contributed by atoms with E-state index in [0.29, 0.717) is 24.9 Å². The highest BCUT2D eigenvalue weighted by atomic mass is 32.1. The Morgan fingerprint density at radius 3 is 2.93 bits per heavy atom. The fourth-order valence-corrected chi connectivity index (χ4v) is 3.35. The van der Waals surface area contributed by atoms with E-state index >= 15 is 0 Å². The summed E-state index contributed by atoms with van der Waals surface area (Å²) in [5.74, 6) is 2.66. The van der Waals surface area contributed by atoms with Gasteiger partial charge in [-0.25, -0.2) is 15.0 Å². The van der Waals surface area contributed by atoms with Crippen molar-refractivity contribution in [1.82, 2.24) is 20.6 Å². The van der Waals surface area contributed by atoms with Crippen LogP contribution in [-0.2, 0) is 13.1 Å². The van der Waals surface area contributed by atoms with Gasteiger partial charge in [-0.15, -0.1) is 11.3 Å². The zero-order chi connectivity index (χ0) is 19.1. The van der Waals surface area contributed by atoms with Crippen LogP contribution in [0, 0.1) is 5.92 Å². The molecule has 3 rings (SSSR count). The van der Waals surface area contributed by atoms with Gasteiger partial charge in [0.05, 0.1) is 25.4 Å². The van der Waals surface area contributed by atoms with E-state index in [1.165, 1.54) is 12.8 Å². The number of thiazole rings is 1. The Hall–Kier alpha value is -2.15. The summed E-state index contributed by atoms with van der Waals surface area (Å²) in [6.07, 6.45) is 4.34. The first-order chi connectivity index (χ1) is 13.1. The molecule has 0 amide bonds. The predicted octanol–water partition coefficient (Wildman–Crippen LogP) is 3.71. The lowest BCUT2D eigenvalue weighted by molar-refractivity contribution is 0.288. The molecular weight excluding hydrogens is 358 g/mol. The van der Waals surface area contributed by atoms with E-state index in [9.17, 15) is 0 Å². The third kappa shape index (κ3) is 6.50. The fraction of sp³-hybridized carbons (Fsp3) is 0.550. The van der Waals surface area contributed by atoms with Gasteiger partial charge in [0.1, 0.15) is 5.01 Å². The molecule has 0 unspecified atom stereocenters. The van der Waals surface area contributed by atoms with E-state index in [1.54, 1.807) is 17.5 Å². The number of ether oxygens (including phenoxy) is 1. The summed E-state index contributed by atoms with van der Waals surface area (Å²) >= 11 is 1.69.